The van der Waals surface area contributed by atoms with Gasteiger partial charge in [0, 0.05) is 22.2 Å². The fourth-order valence-electron chi connectivity index (χ4n) is 3.23. The lowest BCUT2D eigenvalue weighted by atomic mass is 9.99. The average Bonchev–Trinajstić information content (AvgIpc) is 2.91. The maximum Gasteiger partial charge on any atom is 0.272 e. The first-order valence-electron chi connectivity index (χ1n) is 8.72. The van der Waals surface area contributed by atoms with E-state index in [1.807, 2.05) is 19.1 Å². The molecule has 0 unspecified atom stereocenters. The third kappa shape index (κ3) is 3.06. The Bertz CT molecular complexity index is 958. The van der Waals surface area contributed by atoms with Crippen molar-refractivity contribution in [3.8, 4) is 0 Å². The van der Waals surface area contributed by atoms with Gasteiger partial charge in [-0.05, 0) is 37.5 Å². The molecule has 134 valence electrons. The van der Waals surface area contributed by atoms with Crippen LogP contribution >= 0.6 is 0 Å². The first-order valence-corrected chi connectivity index (χ1v) is 8.72. The van der Waals surface area contributed by atoms with Crippen molar-refractivity contribution in [1.82, 2.24) is 10.4 Å². The Morgan fingerprint density at radius 2 is 2.04 bits per heavy atom. The molecule has 0 aliphatic carbocycles. The molecule has 1 aliphatic rings. The van der Waals surface area contributed by atoms with Gasteiger partial charge in [-0.3, -0.25) is 9.59 Å². The van der Waals surface area contributed by atoms with Crippen molar-refractivity contribution in [3.63, 3.8) is 0 Å². The summed E-state index contributed by atoms with van der Waals surface area (Å²) in [6.07, 6.45) is 8.46. The molecular formula is C20H22N4O2. The van der Waals surface area contributed by atoms with Crippen molar-refractivity contribution >= 4 is 40.7 Å². The van der Waals surface area contributed by atoms with Crippen molar-refractivity contribution in [2.45, 2.75) is 33.6 Å². The number of nitrogens with zero attached hydrogens (tertiary/aromatic N) is 1. The minimum absolute atomic E-state index is 0.300. The molecule has 6 nitrogen and oxygen atoms in total. The summed E-state index contributed by atoms with van der Waals surface area (Å²) in [4.78, 5) is 26.6. The summed E-state index contributed by atoms with van der Waals surface area (Å²) < 4.78 is 0. The summed E-state index contributed by atoms with van der Waals surface area (Å²) in [5.41, 5.74) is 8.49. The number of carbonyl (C=O) groups excluding carboxylic acids is 2. The van der Waals surface area contributed by atoms with Crippen LogP contribution < -0.4 is 10.7 Å². The zero-order valence-corrected chi connectivity index (χ0v) is 15.1. The molecule has 0 saturated carbocycles. The van der Waals surface area contributed by atoms with Gasteiger partial charge in [-0.1, -0.05) is 31.6 Å². The molecule has 0 radical (unpaired) electrons. The molecule has 0 saturated heterocycles. The Kier molecular flexibility index (Phi) is 5.02. The zero-order valence-electron chi connectivity index (χ0n) is 15.1. The highest BCUT2D eigenvalue weighted by Gasteiger charge is 2.22. The van der Waals surface area contributed by atoms with E-state index in [4.69, 9.17) is 0 Å². The fourth-order valence-corrected chi connectivity index (χ4v) is 3.23. The second-order valence-corrected chi connectivity index (χ2v) is 6.08. The maximum atomic E-state index is 12.4. The fraction of sp³-hybridized carbons (Fsp3) is 0.250. The van der Waals surface area contributed by atoms with Crippen LogP contribution in [0, 0.1) is 0 Å². The average molecular weight is 350 g/mol. The predicted octanol–water partition coefficient (Wildman–Crippen LogP) is 3.96. The number of amides is 2. The van der Waals surface area contributed by atoms with Gasteiger partial charge in [0.1, 0.15) is 0 Å². The summed E-state index contributed by atoms with van der Waals surface area (Å²) in [7, 11) is 0. The van der Waals surface area contributed by atoms with Crippen molar-refractivity contribution < 1.29 is 9.59 Å². The van der Waals surface area contributed by atoms with Crippen LogP contribution in [0.4, 0.5) is 5.69 Å². The molecule has 0 fully saturated rings. The van der Waals surface area contributed by atoms with Gasteiger partial charge in [-0.25, -0.2) is 5.43 Å². The molecule has 26 heavy (non-hydrogen) atoms. The summed E-state index contributed by atoms with van der Waals surface area (Å²) >= 11 is 0. The molecule has 2 aromatic rings. The van der Waals surface area contributed by atoms with Crippen LogP contribution in [0.5, 0.6) is 0 Å². The van der Waals surface area contributed by atoms with Gasteiger partial charge in [0.25, 0.3) is 5.91 Å². The number of hydrogen-bond acceptors (Lipinski definition) is 3. The Morgan fingerprint density at radius 1 is 1.27 bits per heavy atom. The van der Waals surface area contributed by atoms with E-state index in [0.717, 1.165) is 40.6 Å². The number of allylic oxidation sites excluding steroid dienone is 4. The smallest absolute Gasteiger partial charge is 0.272 e. The van der Waals surface area contributed by atoms with E-state index in [-0.39, 0.29) is 5.91 Å². The number of nitrogens with one attached hydrogen (secondary N) is 3. The number of H-pyrrole nitrogens is 1. The monoisotopic (exact) mass is 350 g/mol. The lowest BCUT2D eigenvalue weighted by Crippen LogP contribution is -2.16. The first-order chi connectivity index (χ1) is 12.6. The standard InChI is InChI=1S/C20H22N4O2/c1-4-12(5-2)7-13(6-3)19-16-10-22-24-20(26)15-8-14(21-11-25)9-17(23-19)18(15)16/h6-11,23H,4-5H2,1-3H3,(H,21,25)(H,24,26)/b13-6+. The van der Waals surface area contributed by atoms with Gasteiger partial charge in [-0.15, -0.1) is 0 Å². The molecule has 0 bridgehead atoms. The number of aromatic nitrogens is 1. The van der Waals surface area contributed by atoms with E-state index in [2.05, 4.69) is 40.8 Å². The van der Waals surface area contributed by atoms with E-state index in [1.165, 1.54) is 5.57 Å². The molecule has 2 amide bonds. The molecule has 1 aliphatic heterocycles. The third-order valence-corrected chi connectivity index (χ3v) is 4.63. The lowest BCUT2D eigenvalue weighted by molar-refractivity contribution is -0.105. The molecule has 3 rings (SSSR count). The SMILES string of the molecule is C/C=C(\C=C(CC)CC)c1[nH]c2cc(NC=O)cc3c2c1C=NNC3=O. The molecule has 1 aromatic carbocycles. The quantitative estimate of drug-likeness (QED) is 0.544. The second-order valence-electron chi connectivity index (χ2n) is 6.08. The topological polar surface area (TPSA) is 86.3 Å². The van der Waals surface area contributed by atoms with E-state index in [9.17, 15) is 9.59 Å². The molecule has 3 N–H and O–H groups in total. The molecule has 2 heterocycles. The number of carbonyl (C=O) groups is 2. The van der Waals surface area contributed by atoms with Gasteiger partial charge in [-0.2, -0.15) is 5.10 Å². The number of hydrazone groups is 1. The molecule has 6 heteroatoms. The number of hydrogen-bond donors (Lipinski definition) is 3. The van der Waals surface area contributed by atoms with Crippen LogP contribution in [-0.4, -0.2) is 23.5 Å². The number of anilines is 1. The molecular weight excluding hydrogens is 328 g/mol. The summed E-state index contributed by atoms with van der Waals surface area (Å²) in [5, 5.41) is 7.47. The number of rotatable bonds is 6. The van der Waals surface area contributed by atoms with Gasteiger partial charge in [0.15, 0.2) is 0 Å². The van der Waals surface area contributed by atoms with E-state index in [1.54, 1.807) is 12.3 Å². The second kappa shape index (κ2) is 7.39. The molecule has 0 spiro atoms. The van der Waals surface area contributed by atoms with Crippen LogP contribution in [0.1, 0.15) is 55.2 Å². The van der Waals surface area contributed by atoms with E-state index in [0.29, 0.717) is 17.7 Å². The van der Waals surface area contributed by atoms with Crippen LogP contribution in [0.3, 0.4) is 0 Å². The largest absolute Gasteiger partial charge is 0.354 e. The van der Waals surface area contributed by atoms with Gasteiger partial charge < -0.3 is 10.3 Å². The highest BCUT2D eigenvalue weighted by atomic mass is 16.2. The van der Waals surface area contributed by atoms with Crippen molar-refractivity contribution in [2.24, 2.45) is 5.10 Å². The summed E-state index contributed by atoms with van der Waals surface area (Å²) in [6.45, 7) is 6.27. The van der Waals surface area contributed by atoms with E-state index < -0.39 is 0 Å². The van der Waals surface area contributed by atoms with Crippen LogP contribution in [0.15, 0.2) is 35.0 Å². The van der Waals surface area contributed by atoms with Gasteiger partial charge >= 0.3 is 0 Å². The predicted molar refractivity (Wildman–Crippen MR) is 105 cm³/mol. The van der Waals surface area contributed by atoms with Crippen molar-refractivity contribution in [3.05, 3.63) is 46.7 Å². The third-order valence-electron chi connectivity index (χ3n) is 4.63. The van der Waals surface area contributed by atoms with Crippen molar-refractivity contribution in [2.75, 3.05) is 5.32 Å². The number of aromatic amines is 1. The lowest BCUT2D eigenvalue weighted by Gasteiger charge is -2.05. The van der Waals surface area contributed by atoms with Crippen LogP contribution in [-0.2, 0) is 4.79 Å². The van der Waals surface area contributed by atoms with Crippen LogP contribution in [0.2, 0.25) is 0 Å². The van der Waals surface area contributed by atoms with Gasteiger partial charge in [0.05, 0.1) is 17.5 Å². The Morgan fingerprint density at radius 3 is 2.69 bits per heavy atom. The zero-order chi connectivity index (χ0) is 18.7. The minimum Gasteiger partial charge on any atom is -0.354 e. The highest BCUT2D eigenvalue weighted by molar-refractivity contribution is 6.17. The maximum absolute atomic E-state index is 12.4. The summed E-state index contributed by atoms with van der Waals surface area (Å²) in [5.74, 6) is -0.300. The Balaban J connectivity index is 2.29. The highest BCUT2D eigenvalue weighted by Crippen LogP contribution is 2.33. The minimum atomic E-state index is -0.300. The van der Waals surface area contributed by atoms with Crippen LogP contribution in [0.25, 0.3) is 16.5 Å². The van der Waals surface area contributed by atoms with E-state index >= 15 is 0 Å². The normalized spacial score (nSPS) is 13.3. The Hall–Kier alpha value is -3.15. The number of benzene rings is 1. The molecule has 0 atom stereocenters. The molecule has 1 aromatic heterocycles. The first kappa shape index (κ1) is 17.7. The van der Waals surface area contributed by atoms with Gasteiger partial charge in [0.2, 0.25) is 6.41 Å². The van der Waals surface area contributed by atoms with Crippen molar-refractivity contribution in [1.29, 1.82) is 0 Å². The Labute approximate surface area is 152 Å². The summed E-state index contributed by atoms with van der Waals surface area (Å²) in [6, 6.07) is 3.49.